The van der Waals surface area contributed by atoms with Crippen molar-refractivity contribution < 1.29 is 19.1 Å². The molecule has 1 atom stereocenters. The molecule has 1 aliphatic rings. The number of benzene rings is 2. The Bertz CT molecular complexity index is 1080. The number of hydrogen-bond acceptors (Lipinski definition) is 4. The molecule has 1 heterocycles. The Morgan fingerprint density at radius 3 is 2.23 bits per heavy atom. The lowest BCUT2D eigenvalue weighted by Crippen LogP contribution is -2.56. The fraction of sp³-hybridized carbons (Fsp3) is 0.517. The highest BCUT2D eigenvalue weighted by molar-refractivity contribution is 6.00. The fourth-order valence-corrected chi connectivity index (χ4v) is 4.70. The summed E-state index contributed by atoms with van der Waals surface area (Å²) in [5.41, 5.74) is 7.91. The lowest BCUT2D eigenvalue weighted by molar-refractivity contribution is 0.0270. The van der Waals surface area contributed by atoms with E-state index in [-0.39, 0.29) is 23.3 Å². The molecule has 6 nitrogen and oxygen atoms in total. The number of nitrogens with one attached hydrogen (secondary N) is 1. The molecular weight excluding hydrogens is 440 g/mol. The summed E-state index contributed by atoms with van der Waals surface area (Å²) in [6.45, 7) is 17.4. The SMILES string of the molecule is CCCC(N(NC(=O)c1ccc2c(c1CC)OCCO2)C(=O)c1cc(C)c(C)c(C)c1)C(C)(C)C. The molecule has 0 saturated carbocycles. The van der Waals surface area contributed by atoms with Crippen LogP contribution in [-0.4, -0.2) is 36.1 Å². The first-order chi connectivity index (χ1) is 16.5. The summed E-state index contributed by atoms with van der Waals surface area (Å²) in [6.07, 6.45) is 2.26. The monoisotopic (exact) mass is 480 g/mol. The van der Waals surface area contributed by atoms with Gasteiger partial charge in [0.15, 0.2) is 11.5 Å². The van der Waals surface area contributed by atoms with Gasteiger partial charge in [0.25, 0.3) is 11.8 Å². The van der Waals surface area contributed by atoms with Crippen LogP contribution >= 0.6 is 0 Å². The predicted octanol–water partition coefficient (Wildman–Crippen LogP) is 5.95. The van der Waals surface area contributed by atoms with Crippen molar-refractivity contribution in [1.29, 1.82) is 0 Å². The van der Waals surface area contributed by atoms with Crippen molar-refractivity contribution in [3.05, 3.63) is 57.6 Å². The number of ether oxygens (including phenoxy) is 2. The Morgan fingerprint density at radius 2 is 1.66 bits per heavy atom. The minimum Gasteiger partial charge on any atom is -0.486 e. The zero-order valence-electron chi connectivity index (χ0n) is 22.5. The van der Waals surface area contributed by atoms with Gasteiger partial charge in [0.1, 0.15) is 13.2 Å². The third kappa shape index (κ3) is 5.63. The zero-order valence-corrected chi connectivity index (χ0v) is 22.5. The van der Waals surface area contributed by atoms with E-state index < -0.39 is 0 Å². The molecule has 3 rings (SSSR count). The summed E-state index contributed by atoms with van der Waals surface area (Å²) in [4.78, 5) is 27.6. The van der Waals surface area contributed by atoms with Crippen LogP contribution in [0.1, 0.15) is 90.4 Å². The van der Waals surface area contributed by atoms with E-state index in [0.717, 1.165) is 29.5 Å². The summed E-state index contributed by atoms with van der Waals surface area (Å²) in [6, 6.07) is 7.17. The number of amides is 2. The Hall–Kier alpha value is -3.02. The van der Waals surface area contributed by atoms with Crippen molar-refractivity contribution in [2.75, 3.05) is 13.2 Å². The first kappa shape index (κ1) is 26.6. The van der Waals surface area contributed by atoms with Crippen LogP contribution < -0.4 is 14.9 Å². The van der Waals surface area contributed by atoms with E-state index in [1.54, 1.807) is 17.1 Å². The molecule has 0 fully saturated rings. The maximum absolute atomic E-state index is 13.9. The topological polar surface area (TPSA) is 67.9 Å². The van der Waals surface area contributed by atoms with Gasteiger partial charge in [0, 0.05) is 16.7 Å². The van der Waals surface area contributed by atoms with Gasteiger partial charge < -0.3 is 9.47 Å². The van der Waals surface area contributed by atoms with Gasteiger partial charge in [-0.05, 0) is 80.0 Å². The molecule has 0 radical (unpaired) electrons. The molecule has 0 saturated heterocycles. The Labute approximate surface area is 210 Å². The lowest BCUT2D eigenvalue weighted by atomic mass is 9.83. The van der Waals surface area contributed by atoms with Crippen molar-refractivity contribution in [3.8, 4) is 11.5 Å². The maximum atomic E-state index is 13.9. The van der Waals surface area contributed by atoms with Gasteiger partial charge in [-0.15, -0.1) is 0 Å². The van der Waals surface area contributed by atoms with Gasteiger partial charge in [0.2, 0.25) is 0 Å². The van der Waals surface area contributed by atoms with Crippen LogP contribution in [0, 0.1) is 26.2 Å². The highest BCUT2D eigenvalue weighted by atomic mass is 16.6. The largest absolute Gasteiger partial charge is 0.486 e. The standard InChI is InChI=1S/C29H40N2O4/c1-9-11-25(29(6,7)8)31(28(33)21-16-18(3)20(5)19(4)17-21)30-27(32)23-12-13-24-26(22(23)10-2)35-15-14-34-24/h12-13,16-17,25H,9-11,14-15H2,1-8H3,(H,30,32). The van der Waals surface area contributed by atoms with E-state index >= 15 is 0 Å². The van der Waals surface area contributed by atoms with E-state index in [1.165, 1.54) is 5.56 Å². The van der Waals surface area contributed by atoms with Crippen molar-refractivity contribution in [2.24, 2.45) is 5.41 Å². The summed E-state index contributed by atoms with van der Waals surface area (Å²) < 4.78 is 11.6. The first-order valence-corrected chi connectivity index (χ1v) is 12.6. The van der Waals surface area contributed by atoms with E-state index in [0.29, 0.717) is 42.3 Å². The second-order valence-corrected chi connectivity index (χ2v) is 10.5. The van der Waals surface area contributed by atoms with Crippen molar-refractivity contribution in [1.82, 2.24) is 10.4 Å². The van der Waals surface area contributed by atoms with E-state index in [2.05, 4.69) is 40.0 Å². The number of rotatable bonds is 6. The number of aryl methyl sites for hydroxylation is 2. The van der Waals surface area contributed by atoms with Crippen LogP contribution in [-0.2, 0) is 6.42 Å². The number of hydrogen-bond donors (Lipinski definition) is 1. The van der Waals surface area contributed by atoms with Crippen LogP contribution in [0.3, 0.4) is 0 Å². The number of nitrogens with zero attached hydrogens (tertiary/aromatic N) is 1. The van der Waals surface area contributed by atoms with Gasteiger partial charge >= 0.3 is 0 Å². The van der Waals surface area contributed by atoms with Crippen LogP contribution in [0.15, 0.2) is 24.3 Å². The quantitative estimate of drug-likeness (QED) is 0.519. The number of carbonyl (C=O) groups is 2. The average molecular weight is 481 g/mol. The molecule has 190 valence electrons. The normalized spacial score (nSPS) is 13.8. The van der Waals surface area contributed by atoms with E-state index in [1.807, 2.05) is 32.9 Å². The van der Waals surface area contributed by atoms with Crippen LogP contribution in [0.4, 0.5) is 0 Å². The summed E-state index contributed by atoms with van der Waals surface area (Å²) >= 11 is 0. The molecule has 1 N–H and O–H groups in total. The minimum atomic E-state index is -0.321. The van der Waals surface area contributed by atoms with Gasteiger partial charge in [-0.25, -0.2) is 5.01 Å². The summed E-state index contributed by atoms with van der Waals surface area (Å²) in [5, 5.41) is 1.56. The Kier molecular flexibility index (Phi) is 8.14. The second kappa shape index (κ2) is 10.7. The molecule has 0 aromatic heterocycles. The third-order valence-corrected chi connectivity index (χ3v) is 6.90. The summed E-state index contributed by atoms with van der Waals surface area (Å²) in [5.74, 6) is 0.753. The maximum Gasteiger partial charge on any atom is 0.272 e. The van der Waals surface area contributed by atoms with Crippen LogP contribution in [0.2, 0.25) is 0 Å². The third-order valence-electron chi connectivity index (χ3n) is 6.90. The smallest absolute Gasteiger partial charge is 0.272 e. The number of hydrazine groups is 1. The minimum absolute atomic E-state index is 0.187. The molecule has 2 amide bonds. The molecule has 35 heavy (non-hydrogen) atoms. The highest BCUT2D eigenvalue weighted by Crippen LogP contribution is 2.36. The van der Waals surface area contributed by atoms with Crippen molar-refractivity contribution in [2.45, 2.75) is 80.7 Å². The van der Waals surface area contributed by atoms with E-state index in [4.69, 9.17) is 9.47 Å². The molecule has 1 unspecified atom stereocenters. The molecule has 0 spiro atoms. The molecule has 0 bridgehead atoms. The summed E-state index contributed by atoms with van der Waals surface area (Å²) in [7, 11) is 0. The fourth-order valence-electron chi connectivity index (χ4n) is 4.70. The molecule has 2 aromatic rings. The van der Waals surface area contributed by atoms with Crippen LogP contribution in [0.5, 0.6) is 11.5 Å². The number of fused-ring (bicyclic) bond motifs is 1. The van der Waals surface area contributed by atoms with Crippen molar-refractivity contribution in [3.63, 3.8) is 0 Å². The van der Waals surface area contributed by atoms with Gasteiger partial charge in [-0.2, -0.15) is 0 Å². The van der Waals surface area contributed by atoms with Gasteiger partial charge in [0.05, 0.1) is 6.04 Å². The molecule has 2 aromatic carbocycles. The predicted molar refractivity (Wildman–Crippen MR) is 139 cm³/mol. The van der Waals surface area contributed by atoms with Crippen LogP contribution in [0.25, 0.3) is 0 Å². The average Bonchev–Trinajstić information content (AvgIpc) is 2.82. The first-order valence-electron chi connectivity index (χ1n) is 12.6. The molecule has 6 heteroatoms. The molecule has 0 aliphatic carbocycles. The highest BCUT2D eigenvalue weighted by Gasteiger charge is 2.35. The Balaban J connectivity index is 2.05. The zero-order chi connectivity index (χ0) is 25.9. The van der Waals surface area contributed by atoms with E-state index in [9.17, 15) is 9.59 Å². The second-order valence-electron chi connectivity index (χ2n) is 10.5. The van der Waals surface area contributed by atoms with Gasteiger partial charge in [-0.3, -0.25) is 15.0 Å². The number of carbonyl (C=O) groups excluding carboxylic acids is 2. The molecular formula is C29H40N2O4. The van der Waals surface area contributed by atoms with Gasteiger partial charge in [-0.1, -0.05) is 41.0 Å². The lowest BCUT2D eigenvalue weighted by Gasteiger charge is -2.40. The Morgan fingerprint density at radius 1 is 1.03 bits per heavy atom. The van der Waals surface area contributed by atoms with Crippen molar-refractivity contribution >= 4 is 11.8 Å². The molecule has 1 aliphatic heterocycles.